The first kappa shape index (κ1) is 22.0. The van der Waals surface area contributed by atoms with Crippen LogP contribution in [0.1, 0.15) is 38.5 Å². The molecule has 0 unspecified atom stereocenters. The van der Waals surface area contributed by atoms with Crippen molar-refractivity contribution in [3.8, 4) is 16.9 Å². The molecule has 0 aliphatic carbocycles. The molecule has 32 heavy (non-hydrogen) atoms. The lowest BCUT2D eigenvalue weighted by Gasteiger charge is -2.07. The molecule has 0 aliphatic heterocycles. The Kier molecular flexibility index (Phi) is 7.86. The monoisotopic (exact) mass is 426 g/mol. The summed E-state index contributed by atoms with van der Waals surface area (Å²) in [6, 6.07) is 23.5. The van der Waals surface area contributed by atoms with Crippen molar-refractivity contribution in [3.05, 3.63) is 91.5 Å². The van der Waals surface area contributed by atoms with E-state index in [2.05, 4.69) is 101 Å². The number of pyridine rings is 2. The second-order valence-corrected chi connectivity index (χ2v) is 8.56. The SMILES string of the molecule is C[n+]1ccc(-c2cc[n+](CCCCCCCCOc3ccc4ccccc4c3)cc2)cc1. The Morgan fingerprint density at radius 3 is 2.00 bits per heavy atom. The summed E-state index contributed by atoms with van der Waals surface area (Å²) in [7, 11) is 2.04. The first-order valence-corrected chi connectivity index (χ1v) is 11.8. The molecule has 0 bridgehead atoms. The van der Waals surface area contributed by atoms with Gasteiger partial charge in [-0.3, -0.25) is 0 Å². The van der Waals surface area contributed by atoms with Gasteiger partial charge in [0.2, 0.25) is 0 Å². The zero-order valence-corrected chi connectivity index (χ0v) is 19.1. The number of ether oxygens (including phenoxy) is 1. The topological polar surface area (TPSA) is 17.0 Å². The zero-order valence-electron chi connectivity index (χ0n) is 19.1. The van der Waals surface area contributed by atoms with Crippen LogP contribution in [0.25, 0.3) is 21.9 Å². The van der Waals surface area contributed by atoms with E-state index in [0.29, 0.717) is 0 Å². The van der Waals surface area contributed by atoms with E-state index in [1.807, 2.05) is 7.05 Å². The van der Waals surface area contributed by atoms with Gasteiger partial charge in [0.05, 0.1) is 6.61 Å². The zero-order chi connectivity index (χ0) is 22.0. The number of rotatable bonds is 11. The Hall–Kier alpha value is -3.20. The van der Waals surface area contributed by atoms with Crippen LogP contribution in [-0.2, 0) is 13.6 Å². The van der Waals surface area contributed by atoms with E-state index in [0.717, 1.165) is 25.3 Å². The minimum absolute atomic E-state index is 0.806. The minimum Gasteiger partial charge on any atom is -0.494 e. The van der Waals surface area contributed by atoms with Gasteiger partial charge in [0, 0.05) is 30.7 Å². The number of hydrogen-bond acceptors (Lipinski definition) is 1. The molecule has 4 rings (SSSR count). The number of fused-ring (bicyclic) bond motifs is 1. The molecule has 0 radical (unpaired) electrons. The third-order valence-corrected chi connectivity index (χ3v) is 6.00. The van der Waals surface area contributed by atoms with E-state index in [4.69, 9.17) is 4.74 Å². The highest BCUT2D eigenvalue weighted by molar-refractivity contribution is 5.83. The van der Waals surface area contributed by atoms with Crippen molar-refractivity contribution in [1.29, 1.82) is 0 Å². The summed E-state index contributed by atoms with van der Waals surface area (Å²) < 4.78 is 10.3. The van der Waals surface area contributed by atoms with Gasteiger partial charge in [0.15, 0.2) is 24.8 Å². The Balaban J connectivity index is 1.07. The lowest BCUT2D eigenvalue weighted by atomic mass is 10.1. The Bertz CT molecular complexity index is 1100. The van der Waals surface area contributed by atoms with E-state index >= 15 is 0 Å². The van der Waals surface area contributed by atoms with Gasteiger partial charge in [-0.1, -0.05) is 49.6 Å². The summed E-state index contributed by atoms with van der Waals surface area (Å²) in [4.78, 5) is 0. The average molecular weight is 427 g/mol. The van der Waals surface area contributed by atoms with Crippen LogP contribution >= 0.6 is 0 Å². The third-order valence-electron chi connectivity index (χ3n) is 6.00. The fraction of sp³-hybridized carbons (Fsp3) is 0.310. The average Bonchev–Trinajstić information content (AvgIpc) is 2.84. The first-order chi connectivity index (χ1) is 15.8. The Morgan fingerprint density at radius 1 is 0.625 bits per heavy atom. The maximum atomic E-state index is 5.94. The molecule has 0 amide bonds. The largest absolute Gasteiger partial charge is 0.494 e. The van der Waals surface area contributed by atoms with Gasteiger partial charge in [-0.2, -0.15) is 0 Å². The fourth-order valence-electron chi connectivity index (χ4n) is 4.04. The highest BCUT2D eigenvalue weighted by Crippen LogP contribution is 2.21. The molecule has 4 aromatic rings. The number of hydrogen-bond donors (Lipinski definition) is 0. The summed E-state index contributed by atoms with van der Waals surface area (Å²) >= 11 is 0. The fourth-order valence-corrected chi connectivity index (χ4v) is 4.04. The molecular formula is C29H34N2O+2. The summed E-state index contributed by atoms with van der Waals surface area (Å²) in [5, 5.41) is 2.51. The van der Waals surface area contributed by atoms with E-state index < -0.39 is 0 Å². The molecule has 0 atom stereocenters. The number of nitrogens with zero attached hydrogens (tertiary/aromatic N) is 2. The third kappa shape index (κ3) is 6.40. The van der Waals surface area contributed by atoms with E-state index in [-0.39, 0.29) is 0 Å². The highest BCUT2D eigenvalue weighted by atomic mass is 16.5. The molecule has 3 heteroatoms. The molecule has 0 spiro atoms. The first-order valence-electron chi connectivity index (χ1n) is 11.8. The molecule has 0 saturated heterocycles. The smallest absolute Gasteiger partial charge is 0.169 e. The van der Waals surface area contributed by atoms with Crippen molar-refractivity contribution in [3.63, 3.8) is 0 Å². The Labute approximate surface area is 191 Å². The van der Waals surface area contributed by atoms with Gasteiger partial charge in [0.25, 0.3) is 0 Å². The molecule has 0 aliphatic rings. The predicted molar refractivity (Wildman–Crippen MR) is 130 cm³/mol. The second kappa shape index (κ2) is 11.4. The highest BCUT2D eigenvalue weighted by Gasteiger charge is 2.04. The van der Waals surface area contributed by atoms with Gasteiger partial charge in [-0.15, -0.1) is 0 Å². The minimum atomic E-state index is 0.806. The molecule has 0 saturated carbocycles. The van der Waals surface area contributed by atoms with Gasteiger partial charge in [-0.05, 0) is 46.9 Å². The molecule has 2 aromatic carbocycles. The standard InChI is InChI=1S/C29H34N2O/c1-30-19-14-26(15-20-30)27-16-21-31(22-17-27)18-8-4-2-3-5-9-23-32-29-13-12-25-10-6-7-11-28(25)24-29/h6-7,10-17,19-22,24H,2-5,8-9,18,23H2,1H3/q+2. The normalized spacial score (nSPS) is 11.0. The van der Waals surface area contributed by atoms with Gasteiger partial charge >= 0.3 is 0 Å². The number of benzene rings is 2. The number of aromatic nitrogens is 2. The van der Waals surface area contributed by atoms with Crippen LogP contribution in [-0.4, -0.2) is 6.61 Å². The van der Waals surface area contributed by atoms with E-state index in [1.54, 1.807) is 0 Å². The molecule has 3 nitrogen and oxygen atoms in total. The number of unbranched alkanes of at least 4 members (excludes halogenated alkanes) is 5. The van der Waals surface area contributed by atoms with Crippen LogP contribution < -0.4 is 13.9 Å². The van der Waals surface area contributed by atoms with Crippen molar-refractivity contribution in [2.45, 2.75) is 45.1 Å². The van der Waals surface area contributed by atoms with E-state index in [1.165, 1.54) is 54.0 Å². The summed E-state index contributed by atoms with van der Waals surface area (Å²) in [5.74, 6) is 0.980. The van der Waals surface area contributed by atoms with Gasteiger partial charge < -0.3 is 4.74 Å². The molecule has 2 heterocycles. The van der Waals surface area contributed by atoms with Crippen molar-refractivity contribution >= 4 is 10.8 Å². The lowest BCUT2D eigenvalue weighted by molar-refractivity contribution is -0.697. The van der Waals surface area contributed by atoms with Crippen LogP contribution in [0.4, 0.5) is 0 Å². The van der Waals surface area contributed by atoms with Crippen molar-refractivity contribution in [2.75, 3.05) is 6.61 Å². The van der Waals surface area contributed by atoms with Crippen LogP contribution in [0.2, 0.25) is 0 Å². The maximum Gasteiger partial charge on any atom is 0.169 e. The van der Waals surface area contributed by atoms with Crippen LogP contribution in [0, 0.1) is 0 Å². The van der Waals surface area contributed by atoms with Gasteiger partial charge in [-0.25, -0.2) is 9.13 Å². The van der Waals surface area contributed by atoms with Crippen LogP contribution in [0.5, 0.6) is 5.75 Å². The summed E-state index contributed by atoms with van der Waals surface area (Å²) in [5.41, 5.74) is 2.53. The molecule has 0 N–H and O–H groups in total. The summed E-state index contributed by atoms with van der Waals surface area (Å²) in [6.07, 6.45) is 16.1. The molecule has 2 aromatic heterocycles. The summed E-state index contributed by atoms with van der Waals surface area (Å²) in [6.45, 7) is 1.90. The number of aryl methyl sites for hydroxylation is 2. The quantitative estimate of drug-likeness (QED) is 0.211. The van der Waals surface area contributed by atoms with Crippen molar-refractivity contribution in [2.24, 2.45) is 7.05 Å². The molecule has 164 valence electrons. The second-order valence-electron chi connectivity index (χ2n) is 8.56. The van der Waals surface area contributed by atoms with Crippen LogP contribution in [0.3, 0.4) is 0 Å². The maximum absolute atomic E-state index is 5.94. The molecule has 0 fully saturated rings. The lowest BCUT2D eigenvalue weighted by Crippen LogP contribution is -2.32. The predicted octanol–water partition coefficient (Wildman–Crippen LogP) is 6.04. The van der Waals surface area contributed by atoms with Crippen molar-refractivity contribution < 1.29 is 13.9 Å². The van der Waals surface area contributed by atoms with E-state index in [9.17, 15) is 0 Å². The Morgan fingerprint density at radius 2 is 1.25 bits per heavy atom. The van der Waals surface area contributed by atoms with Crippen molar-refractivity contribution in [1.82, 2.24) is 0 Å². The molecular weight excluding hydrogens is 392 g/mol. The van der Waals surface area contributed by atoms with Gasteiger partial charge in [0.1, 0.15) is 19.3 Å². The van der Waals surface area contributed by atoms with Crippen LogP contribution in [0.15, 0.2) is 91.5 Å².